The number of piperidine rings is 3. The molecule has 3 aliphatic rings. The summed E-state index contributed by atoms with van der Waals surface area (Å²) < 4.78 is 2.29. The van der Waals surface area contributed by atoms with Crippen molar-refractivity contribution in [1.82, 2.24) is 0 Å². The number of quaternary nitrogens is 1. The van der Waals surface area contributed by atoms with Crippen molar-refractivity contribution in [3.8, 4) is 0 Å². The van der Waals surface area contributed by atoms with Gasteiger partial charge in [0.25, 0.3) is 0 Å². The van der Waals surface area contributed by atoms with Crippen LogP contribution >= 0.6 is 15.9 Å². The van der Waals surface area contributed by atoms with Crippen LogP contribution in [0.25, 0.3) is 0 Å². The van der Waals surface area contributed by atoms with Gasteiger partial charge in [0.05, 0.1) is 19.6 Å². The molecule has 3 aromatic carbocycles. The zero-order chi connectivity index (χ0) is 20.7. The Morgan fingerprint density at radius 1 is 0.733 bits per heavy atom. The summed E-state index contributed by atoms with van der Waals surface area (Å²) >= 11 is 3.55. The topological polar surface area (TPSA) is 20.2 Å². The van der Waals surface area contributed by atoms with E-state index in [0.29, 0.717) is 0 Å². The summed E-state index contributed by atoms with van der Waals surface area (Å²) in [6, 6.07) is 29.5. The van der Waals surface area contributed by atoms with Gasteiger partial charge >= 0.3 is 0 Å². The van der Waals surface area contributed by atoms with Crippen molar-refractivity contribution in [2.75, 3.05) is 19.6 Å². The van der Waals surface area contributed by atoms with Crippen molar-refractivity contribution in [2.45, 2.75) is 31.4 Å². The van der Waals surface area contributed by atoms with E-state index in [1.54, 1.807) is 0 Å². The number of hydrogen-bond donors (Lipinski definition) is 1. The zero-order valence-electron chi connectivity index (χ0n) is 17.3. The van der Waals surface area contributed by atoms with Crippen LogP contribution in [0.15, 0.2) is 89.4 Å². The molecular formula is C27H29BrNO+. The van der Waals surface area contributed by atoms with E-state index in [4.69, 9.17) is 0 Å². The van der Waals surface area contributed by atoms with E-state index in [2.05, 4.69) is 88.7 Å². The van der Waals surface area contributed by atoms with Crippen molar-refractivity contribution < 1.29 is 9.59 Å². The van der Waals surface area contributed by atoms with Crippen molar-refractivity contribution in [2.24, 2.45) is 5.41 Å². The Morgan fingerprint density at radius 2 is 1.20 bits per heavy atom. The Kier molecular flexibility index (Phi) is 5.09. The number of benzene rings is 3. The molecule has 3 aliphatic heterocycles. The SMILES string of the molecule is OC(c1ccccc1)(c1ccccc1)C12CC[N+](Cc3ccc(Br)cc3)(CC1)CC2. The molecule has 30 heavy (non-hydrogen) atoms. The third-order valence-corrected chi connectivity index (χ3v) is 8.30. The molecule has 0 aliphatic carbocycles. The molecule has 1 N–H and O–H groups in total. The van der Waals surface area contributed by atoms with E-state index >= 15 is 0 Å². The summed E-state index contributed by atoms with van der Waals surface area (Å²) in [5, 5.41) is 12.4. The van der Waals surface area contributed by atoms with E-state index in [-0.39, 0.29) is 5.41 Å². The standard InChI is InChI=1S/C27H29BrNO/c28-25-13-11-22(12-14-25)21-29-18-15-26(16-19-29,17-20-29)27(30,23-7-3-1-4-8-23)24-9-5-2-6-10-24/h1-14,30H,15-21H2/q+1. The first-order chi connectivity index (χ1) is 14.6. The molecule has 0 aromatic heterocycles. The molecule has 0 atom stereocenters. The van der Waals surface area contributed by atoms with Gasteiger partial charge in [-0.3, -0.25) is 0 Å². The number of aliphatic hydroxyl groups is 1. The van der Waals surface area contributed by atoms with Gasteiger partial charge < -0.3 is 9.59 Å². The van der Waals surface area contributed by atoms with Gasteiger partial charge in [-0.15, -0.1) is 0 Å². The van der Waals surface area contributed by atoms with E-state index in [9.17, 15) is 5.11 Å². The smallest absolute Gasteiger partial charge is 0.121 e. The minimum atomic E-state index is -0.941. The van der Waals surface area contributed by atoms with Gasteiger partial charge in [-0.25, -0.2) is 0 Å². The molecule has 0 radical (unpaired) electrons. The third kappa shape index (κ3) is 3.24. The summed E-state index contributed by atoms with van der Waals surface area (Å²) in [7, 11) is 0. The number of nitrogens with zero attached hydrogens (tertiary/aromatic N) is 1. The van der Waals surface area contributed by atoms with Crippen LogP contribution in [0.2, 0.25) is 0 Å². The highest BCUT2D eigenvalue weighted by Gasteiger charge is 2.60. The molecule has 2 bridgehead atoms. The van der Waals surface area contributed by atoms with Crippen LogP contribution in [0.4, 0.5) is 0 Å². The van der Waals surface area contributed by atoms with Crippen molar-refractivity contribution in [1.29, 1.82) is 0 Å². The maximum absolute atomic E-state index is 12.4. The second-order valence-corrected chi connectivity index (χ2v) is 10.2. The Balaban J connectivity index is 1.47. The first kappa shape index (κ1) is 20.0. The monoisotopic (exact) mass is 462 g/mol. The summed E-state index contributed by atoms with van der Waals surface area (Å²) in [6.45, 7) is 4.51. The highest BCUT2D eigenvalue weighted by atomic mass is 79.9. The normalized spacial score (nSPS) is 25.9. The van der Waals surface area contributed by atoms with E-state index < -0.39 is 5.60 Å². The first-order valence-corrected chi connectivity index (χ1v) is 11.8. The second-order valence-electron chi connectivity index (χ2n) is 9.27. The molecule has 0 saturated carbocycles. The highest BCUT2D eigenvalue weighted by Crippen LogP contribution is 2.57. The van der Waals surface area contributed by atoms with Crippen LogP contribution in [0.3, 0.4) is 0 Å². The fourth-order valence-corrected chi connectivity index (χ4v) is 6.22. The Bertz CT molecular complexity index is 936. The molecular weight excluding hydrogens is 434 g/mol. The van der Waals surface area contributed by atoms with Crippen LogP contribution in [-0.2, 0) is 12.1 Å². The van der Waals surface area contributed by atoms with Gasteiger partial charge in [0.1, 0.15) is 12.1 Å². The average Bonchev–Trinajstić information content (AvgIpc) is 2.82. The number of hydrogen-bond acceptors (Lipinski definition) is 1. The van der Waals surface area contributed by atoms with Gasteiger partial charge in [-0.2, -0.15) is 0 Å². The molecule has 2 nitrogen and oxygen atoms in total. The van der Waals surface area contributed by atoms with Crippen LogP contribution in [0.1, 0.15) is 36.0 Å². The molecule has 3 heterocycles. The van der Waals surface area contributed by atoms with Gasteiger partial charge in [-0.1, -0.05) is 88.7 Å². The lowest BCUT2D eigenvalue weighted by Crippen LogP contribution is -2.66. The molecule has 3 saturated heterocycles. The van der Waals surface area contributed by atoms with Crippen LogP contribution in [0.5, 0.6) is 0 Å². The average molecular weight is 463 g/mol. The van der Waals surface area contributed by atoms with Crippen molar-refractivity contribution in [3.63, 3.8) is 0 Å². The highest BCUT2D eigenvalue weighted by molar-refractivity contribution is 9.10. The van der Waals surface area contributed by atoms with Crippen molar-refractivity contribution >= 4 is 15.9 Å². The zero-order valence-corrected chi connectivity index (χ0v) is 18.9. The van der Waals surface area contributed by atoms with Crippen molar-refractivity contribution in [3.05, 3.63) is 106 Å². The minimum Gasteiger partial charge on any atom is -0.380 e. The van der Waals surface area contributed by atoms with Gasteiger partial charge in [0.2, 0.25) is 0 Å². The summed E-state index contributed by atoms with van der Waals surface area (Å²) in [5.74, 6) is 0. The van der Waals surface area contributed by atoms with Crippen LogP contribution in [0, 0.1) is 5.41 Å². The Morgan fingerprint density at radius 3 is 1.67 bits per heavy atom. The maximum atomic E-state index is 12.4. The maximum Gasteiger partial charge on any atom is 0.121 e. The van der Waals surface area contributed by atoms with Gasteiger partial charge in [0.15, 0.2) is 0 Å². The molecule has 3 heteroatoms. The molecule has 154 valence electrons. The molecule has 3 aromatic rings. The Hall–Kier alpha value is -1.94. The largest absolute Gasteiger partial charge is 0.380 e. The third-order valence-electron chi connectivity index (χ3n) is 7.78. The molecule has 3 fully saturated rings. The lowest BCUT2D eigenvalue weighted by molar-refractivity contribution is -0.958. The van der Waals surface area contributed by atoms with Gasteiger partial charge in [-0.05, 0) is 23.3 Å². The summed E-state index contributed by atoms with van der Waals surface area (Å²) in [5.41, 5.74) is 2.44. The molecule has 0 amide bonds. The van der Waals surface area contributed by atoms with E-state index in [1.807, 2.05) is 12.1 Å². The fraction of sp³-hybridized carbons (Fsp3) is 0.333. The number of rotatable bonds is 5. The minimum absolute atomic E-state index is 0.102. The summed E-state index contributed by atoms with van der Waals surface area (Å²) in [4.78, 5) is 0. The lowest BCUT2D eigenvalue weighted by Gasteiger charge is -2.60. The van der Waals surface area contributed by atoms with Crippen LogP contribution in [-0.4, -0.2) is 29.2 Å². The number of fused-ring (bicyclic) bond motifs is 3. The second kappa shape index (κ2) is 7.64. The molecule has 0 spiro atoms. The van der Waals surface area contributed by atoms with Crippen LogP contribution < -0.4 is 0 Å². The Labute approximate surface area is 187 Å². The van der Waals surface area contributed by atoms with E-state index in [1.165, 1.54) is 5.56 Å². The molecule has 6 rings (SSSR count). The van der Waals surface area contributed by atoms with E-state index in [0.717, 1.165) is 65.5 Å². The lowest BCUT2D eigenvalue weighted by atomic mass is 9.56. The molecule has 0 unspecified atom stereocenters. The number of halogens is 1. The quantitative estimate of drug-likeness (QED) is 0.468. The predicted octanol–water partition coefficient (Wildman–Crippen LogP) is 5.89. The van der Waals surface area contributed by atoms with Gasteiger partial charge in [0, 0.05) is 34.7 Å². The predicted molar refractivity (Wildman–Crippen MR) is 125 cm³/mol. The fourth-order valence-electron chi connectivity index (χ4n) is 5.96. The summed E-state index contributed by atoms with van der Waals surface area (Å²) in [6.07, 6.45) is 3.18. The first-order valence-electron chi connectivity index (χ1n) is 11.0.